The van der Waals surface area contributed by atoms with E-state index >= 15 is 0 Å². The van der Waals surface area contributed by atoms with Crippen molar-refractivity contribution in [3.63, 3.8) is 0 Å². The average Bonchev–Trinajstić information content (AvgIpc) is 3.31. The second-order valence-electron chi connectivity index (χ2n) is 8.09. The summed E-state index contributed by atoms with van der Waals surface area (Å²) in [7, 11) is 0. The van der Waals surface area contributed by atoms with Crippen LogP contribution in [0.3, 0.4) is 0 Å². The summed E-state index contributed by atoms with van der Waals surface area (Å²) < 4.78 is 5.25. The van der Waals surface area contributed by atoms with E-state index in [-0.39, 0.29) is 11.3 Å². The predicted octanol–water partition coefficient (Wildman–Crippen LogP) is 3.31. The Labute approximate surface area is 149 Å². The minimum atomic E-state index is -0.352. The van der Waals surface area contributed by atoms with Crippen molar-refractivity contribution in [3.05, 3.63) is 24.2 Å². The van der Waals surface area contributed by atoms with Gasteiger partial charge in [0.1, 0.15) is 0 Å². The molecule has 2 amide bonds. The number of nitrogens with zero attached hydrogens (tertiary/aromatic N) is 2. The quantitative estimate of drug-likeness (QED) is 0.845. The van der Waals surface area contributed by atoms with E-state index in [0.29, 0.717) is 30.7 Å². The molecule has 5 nitrogen and oxygen atoms in total. The first-order chi connectivity index (χ1) is 12.2. The molecule has 1 atom stereocenters. The van der Waals surface area contributed by atoms with Crippen molar-refractivity contribution in [3.8, 4) is 0 Å². The topological polar surface area (TPSA) is 53.8 Å². The lowest BCUT2D eigenvalue weighted by molar-refractivity contribution is -0.146. The fourth-order valence-corrected chi connectivity index (χ4v) is 4.99. The van der Waals surface area contributed by atoms with Crippen molar-refractivity contribution in [2.24, 2.45) is 11.3 Å². The molecule has 1 unspecified atom stereocenters. The molecule has 2 saturated heterocycles. The number of carbonyl (C=O) groups excluding carboxylic acids is 2. The third-order valence-electron chi connectivity index (χ3n) is 6.40. The van der Waals surface area contributed by atoms with Crippen LogP contribution in [0.4, 0.5) is 0 Å². The van der Waals surface area contributed by atoms with Gasteiger partial charge in [-0.1, -0.05) is 19.3 Å². The Hall–Kier alpha value is -1.78. The molecular formula is C20H28N2O3. The van der Waals surface area contributed by atoms with Gasteiger partial charge in [0, 0.05) is 26.2 Å². The molecule has 4 rings (SSSR count). The monoisotopic (exact) mass is 344 g/mol. The van der Waals surface area contributed by atoms with E-state index in [9.17, 15) is 9.59 Å². The van der Waals surface area contributed by atoms with Crippen LogP contribution in [0.15, 0.2) is 22.8 Å². The van der Waals surface area contributed by atoms with Crippen LogP contribution in [-0.2, 0) is 4.79 Å². The molecule has 1 aromatic rings. The Kier molecular flexibility index (Phi) is 4.57. The standard InChI is InChI=1S/C20H28N2O3/c23-18(17-8-4-13-25-17)22-12-10-20(15-22)9-5-11-21(19(20)24)14-16-6-2-1-3-7-16/h4,8,13,16H,1-3,5-7,9-12,14-15H2. The smallest absolute Gasteiger partial charge is 0.289 e. The Morgan fingerprint density at radius 1 is 1.16 bits per heavy atom. The summed E-state index contributed by atoms with van der Waals surface area (Å²) in [6, 6.07) is 3.43. The maximum absolute atomic E-state index is 13.2. The van der Waals surface area contributed by atoms with Gasteiger partial charge in [0.2, 0.25) is 5.91 Å². The van der Waals surface area contributed by atoms with Crippen molar-refractivity contribution >= 4 is 11.8 Å². The molecule has 1 aliphatic carbocycles. The summed E-state index contributed by atoms with van der Waals surface area (Å²) in [6.07, 6.45) is 10.8. The van der Waals surface area contributed by atoms with E-state index in [0.717, 1.165) is 32.4 Å². The highest BCUT2D eigenvalue weighted by atomic mass is 16.3. The van der Waals surface area contributed by atoms with Gasteiger partial charge in [-0.3, -0.25) is 9.59 Å². The zero-order valence-electron chi connectivity index (χ0n) is 14.9. The molecule has 0 bridgehead atoms. The number of piperidine rings is 1. The van der Waals surface area contributed by atoms with Gasteiger partial charge in [-0.15, -0.1) is 0 Å². The second kappa shape index (κ2) is 6.85. The maximum Gasteiger partial charge on any atom is 0.289 e. The summed E-state index contributed by atoms with van der Waals surface area (Å²) in [5.41, 5.74) is -0.352. The molecule has 0 radical (unpaired) electrons. The van der Waals surface area contributed by atoms with Crippen molar-refractivity contribution in [1.82, 2.24) is 9.80 Å². The summed E-state index contributed by atoms with van der Waals surface area (Å²) in [4.78, 5) is 29.7. The number of furan rings is 1. The van der Waals surface area contributed by atoms with Gasteiger partial charge in [0.15, 0.2) is 5.76 Å². The molecule has 1 aromatic heterocycles. The molecule has 3 fully saturated rings. The highest BCUT2D eigenvalue weighted by Crippen LogP contribution is 2.41. The Morgan fingerprint density at radius 2 is 2.00 bits per heavy atom. The normalized spacial score (nSPS) is 28.1. The minimum Gasteiger partial charge on any atom is -0.459 e. The van der Waals surface area contributed by atoms with Crippen molar-refractivity contribution in [2.45, 2.75) is 51.4 Å². The molecular weight excluding hydrogens is 316 g/mol. The first-order valence-corrected chi connectivity index (χ1v) is 9.80. The summed E-state index contributed by atoms with van der Waals surface area (Å²) in [5, 5.41) is 0. The fraction of sp³-hybridized carbons (Fsp3) is 0.700. The molecule has 0 aromatic carbocycles. The lowest BCUT2D eigenvalue weighted by Crippen LogP contribution is -2.51. The highest BCUT2D eigenvalue weighted by molar-refractivity contribution is 5.93. The third kappa shape index (κ3) is 3.21. The van der Waals surface area contributed by atoms with Gasteiger partial charge in [0.25, 0.3) is 5.91 Å². The van der Waals surface area contributed by atoms with Crippen LogP contribution in [0.25, 0.3) is 0 Å². The first kappa shape index (κ1) is 16.7. The molecule has 1 spiro atoms. The molecule has 3 heterocycles. The molecule has 3 aliphatic rings. The van der Waals surface area contributed by atoms with E-state index in [2.05, 4.69) is 4.90 Å². The van der Waals surface area contributed by atoms with Crippen molar-refractivity contribution < 1.29 is 14.0 Å². The van der Waals surface area contributed by atoms with Gasteiger partial charge >= 0.3 is 0 Å². The van der Waals surface area contributed by atoms with Gasteiger partial charge < -0.3 is 14.2 Å². The molecule has 2 aliphatic heterocycles. The van der Waals surface area contributed by atoms with E-state index in [4.69, 9.17) is 4.42 Å². The van der Waals surface area contributed by atoms with E-state index < -0.39 is 0 Å². The summed E-state index contributed by atoms with van der Waals surface area (Å²) in [5.74, 6) is 1.26. The zero-order chi connectivity index (χ0) is 17.3. The Balaban J connectivity index is 1.42. The maximum atomic E-state index is 13.2. The lowest BCUT2D eigenvalue weighted by Gasteiger charge is -2.41. The summed E-state index contributed by atoms with van der Waals surface area (Å²) >= 11 is 0. The Morgan fingerprint density at radius 3 is 2.76 bits per heavy atom. The minimum absolute atomic E-state index is 0.0842. The largest absolute Gasteiger partial charge is 0.459 e. The van der Waals surface area contributed by atoms with Crippen molar-refractivity contribution in [1.29, 1.82) is 0 Å². The lowest BCUT2D eigenvalue weighted by atomic mass is 9.77. The van der Waals surface area contributed by atoms with Crippen LogP contribution in [-0.4, -0.2) is 47.8 Å². The second-order valence-corrected chi connectivity index (χ2v) is 8.09. The number of rotatable bonds is 3. The van der Waals surface area contributed by atoms with Crippen LogP contribution in [0.2, 0.25) is 0 Å². The fourth-order valence-electron chi connectivity index (χ4n) is 4.99. The van der Waals surface area contributed by atoms with Gasteiger partial charge in [-0.25, -0.2) is 0 Å². The van der Waals surface area contributed by atoms with E-state index in [1.807, 2.05) is 0 Å². The molecule has 25 heavy (non-hydrogen) atoms. The van der Waals surface area contributed by atoms with Gasteiger partial charge in [-0.05, 0) is 50.2 Å². The van der Waals surface area contributed by atoms with Crippen LogP contribution < -0.4 is 0 Å². The van der Waals surface area contributed by atoms with Crippen LogP contribution in [0, 0.1) is 11.3 Å². The zero-order valence-corrected chi connectivity index (χ0v) is 14.9. The number of carbonyl (C=O) groups is 2. The molecule has 0 N–H and O–H groups in total. The molecule has 5 heteroatoms. The summed E-state index contributed by atoms with van der Waals surface area (Å²) in [6.45, 7) is 3.02. The van der Waals surface area contributed by atoms with Gasteiger partial charge in [-0.2, -0.15) is 0 Å². The number of hydrogen-bond donors (Lipinski definition) is 0. The SMILES string of the molecule is O=C(c1ccco1)N1CCC2(CCCN(CC3CCCCC3)C2=O)C1. The van der Waals surface area contributed by atoms with Crippen molar-refractivity contribution in [2.75, 3.05) is 26.2 Å². The number of amides is 2. The highest BCUT2D eigenvalue weighted by Gasteiger charge is 2.49. The predicted molar refractivity (Wildman–Crippen MR) is 94.1 cm³/mol. The average molecular weight is 344 g/mol. The first-order valence-electron chi connectivity index (χ1n) is 9.80. The third-order valence-corrected chi connectivity index (χ3v) is 6.40. The number of likely N-dealkylation sites (tertiary alicyclic amines) is 2. The van der Waals surface area contributed by atoms with Gasteiger partial charge in [0.05, 0.1) is 11.7 Å². The number of hydrogen-bond acceptors (Lipinski definition) is 3. The van der Waals surface area contributed by atoms with Crippen LogP contribution in [0.5, 0.6) is 0 Å². The molecule has 136 valence electrons. The van der Waals surface area contributed by atoms with Crippen LogP contribution in [0.1, 0.15) is 61.9 Å². The Bertz CT molecular complexity index is 621. The molecule has 1 saturated carbocycles. The van der Waals surface area contributed by atoms with E-state index in [1.165, 1.54) is 38.4 Å². The van der Waals surface area contributed by atoms with E-state index in [1.54, 1.807) is 17.0 Å². The van der Waals surface area contributed by atoms with Crippen LogP contribution >= 0.6 is 0 Å².